The lowest BCUT2D eigenvalue weighted by Crippen LogP contribution is -2.30. The molecule has 1 aromatic rings. The minimum Gasteiger partial charge on any atom is -0.508 e. The molecule has 106 valence electrons. The van der Waals surface area contributed by atoms with Gasteiger partial charge in [-0.1, -0.05) is 0 Å². The Hall–Kier alpha value is -1.55. The SMILES string of the molecule is CC(C)OCCC(C)(C)OC(=O)c1ccc(O)cc1. The zero-order valence-corrected chi connectivity index (χ0v) is 12.0. The van der Waals surface area contributed by atoms with E-state index in [2.05, 4.69) is 0 Å². The Balaban J connectivity index is 2.52. The molecule has 0 spiro atoms. The summed E-state index contributed by atoms with van der Waals surface area (Å²) in [4.78, 5) is 11.9. The van der Waals surface area contributed by atoms with Crippen LogP contribution in [0.25, 0.3) is 0 Å². The van der Waals surface area contributed by atoms with Gasteiger partial charge in [0.2, 0.25) is 0 Å². The summed E-state index contributed by atoms with van der Waals surface area (Å²) in [6.07, 6.45) is 0.804. The molecule has 4 heteroatoms. The molecule has 0 atom stereocenters. The van der Waals surface area contributed by atoms with Crippen molar-refractivity contribution in [2.24, 2.45) is 0 Å². The maximum Gasteiger partial charge on any atom is 0.338 e. The van der Waals surface area contributed by atoms with Gasteiger partial charge in [-0.05, 0) is 52.0 Å². The van der Waals surface area contributed by atoms with Crippen molar-refractivity contribution >= 4 is 5.97 Å². The monoisotopic (exact) mass is 266 g/mol. The lowest BCUT2D eigenvalue weighted by Gasteiger charge is -2.25. The number of ether oxygens (including phenoxy) is 2. The second-order valence-corrected chi connectivity index (χ2v) is 5.37. The highest BCUT2D eigenvalue weighted by molar-refractivity contribution is 5.89. The van der Waals surface area contributed by atoms with Crippen LogP contribution in [0.4, 0.5) is 0 Å². The van der Waals surface area contributed by atoms with Crippen molar-refractivity contribution in [2.45, 2.75) is 45.8 Å². The lowest BCUT2D eigenvalue weighted by molar-refractivity contribution is -0.0238. The Morgan fingerprint density at radius 3 is 2.37 bits per heavy atom. The standard InChI is InChI=1S/C15H22O4/c1-11(2)18-10-9-15(3,4)19-14(17)12-5-7-13(16)8-6-12/h5-8,11,16H,9-10H2,1-4H3. The van der Waals surface area contributed by atoms with Gasteiger partial charge in [-0.25, -0.2) is 4.79 Å². The minimum atomic E-state index is -0.580. The van der Waals surface area contributed by atoms with E-state index in [1.165, 1.54) is 12.1 Å². The molecule has 4 nitrogen and oxygen atoms in total. The Morgan fingerprint density at radius 1 is 1.26 bits per heavy atom. The van der Waals surface area contributed by atoms with E-state index in [4.69, 9.17) is 9.47 Å². The third-order valence-electron chi connectivity index (χ3n) is 2.63. The molecule has 19 heavy (non-hydrogen) atoms. The Morgan fingerprint density at radius 2 is 1.84 bits per heavy atom. The fourth-order valence-corrected chi connectivity index (χ4v) is 1.50. The van der Waals surface area contributed by atoms with Crippen molar-refractivity contribution in [3.63, 3.8) is 0 Å². The van der Waals surface area contributed by atoms with Gasteiger partial charge in [0.25, 0.3) is 0 Å². The first kappa shape index (κ1) is 15.5. The summed E-state index contributed by atoms with van der Waals surface area (Å²) in [5.41, 5.74) is -0.153. The summed E-state index contributed by atoms with van der Waals surface area (Å²) in [5.74, 6) is -0.268. The summed E-state index contributed by atoms with van der Waals surface area (Å²) in [5, 5.41) is 9.17. The highest BCUT2D eigenvalue weighted by Crippen LogP contribution is 2.19. The minimum absolute atomic E-state index is 0.126. The molecule has 0 bridgehead atoms. The molecule has 1 aromatic carbocycles. The van der Waals surface area contributed by atoms with E-state index >= 15 is 0 Å². The summed E-state index contributed by atoms with van der Waals surface area (Å²) in [7, 11) is 0. The fourth-order valence-electron chi connectivity index (χ4n) is 1.50. The molecule has 0 amide bonds. The topological polar surface area (TPSA) is 55.8 Å². The van der Waals surface area contributed by atoms with Gasteiger partial charge >= 0.3 is 5.97 Å². The van der Waals surface area contributed by atoms with Crippen LogP contribution in [-0.2, 0) is 9.47 Å². The average Bonchev–Trinajstić information content (AvgIpc) is 2.28. The summed E-state index contributed by atoms with van der Waals surface area (Å²) in [6, 6.07) is 6.01. The number of rotatable bonds is 6. The zero-order chi connectivity index (χ0) is 14.5. The number of hydrogen-bond donors (Lipinski definition) is 1. The van der Waals surface area contributed by atoms with Gasteiger partial charge in [-0.3, -0.25) is 0 Å². The number of benzene rings is 1. The van der Waals surface area contributed by atoms with E-state index in [1.807, 2.05) is 27.7 Å². The molecule has 0 heterocycles. The highest BCUT2D eigenvalue weighted by Gasteiger charge is 2.23. The third kappa shape index (κ3) is 5.75. The van der Waals surface area contributed by atoms with Crippen LogP contribution in [0.1, 0.15) is 44.5 Å². The van der Waals surface area contributed by atoms with Crippen LogP contribution in [0.2, 0.25) is 0 Å². The summed E-state index contributed by atoms with van der Waals surface area (Å²) < 4.78 is 10.9. The number of esters is 1. The van der Waals surface area contributed by atoms with Crippen molar-refractivity contribution in [3.05, 3.63) is 29.8 Å². The molecule has 0 saturated heterocycles. The fraction of sp³-hybridized carbons (Fsp3) is 0.533. The van der Waals surface area contributed by atoms with Crippen LogP contribution in [0.3, 0.4) is 0 Å². The van der Waals surface area contributed by atoms with Gasteiger partial charge in [0.05, 0.1) is 18.3 Å². The molecule has 0 radical (unpaired) electrons. The number of phenols is 1. The van der Waals surface area contributed by atoms with E-state index < -0.39 is 11.6 Å². The van der Waals surface area contributed by atoms with Crippen molar-refractivity contribution in [1.29, 1.82) is 0 Å². The third-order valence-corrected chi connectivity index (χ3v) is 2.63. The first-order valence-electron chi connectivity index (χ1n) is 6.44. The molecule has 0 fully saturated rings. The van der Waals surface area contributed by atoms with E-state index in [1.54, 1.807) is 12.1 Å². The first-order chi connectivity index (χ1) is 8.80. The largest absolute Gasteiger partial charge is 0.508 e. The number of aromatic hydroxyl groups is 1. The van der Waals surface area contributed by atoms with Crippen molar-refractivity contribution in [1.82, 2.24) is 0 Å². The van der Waals surface area contributed by atoms with Crippen LogP contribution >= 0.6 is 0 Å². The Bertz CT molecular complexity index is 407. The van der Waals surface area contributed by atoms with Crippen LogP contribution in [0.15, 0.2) is 24.3 Å². The molecule has 0 aromatic heterocycles. The van der Waals surface area contributed by atoms with Gasteiger partial charge < -0.3 is 14.6 Å². The second-order valence-electron chi connectivity index (χ2n) is 5.37. The van der Waals surface area contributed by atoms with Crippen LogP contribution in [0.5, 0.6) is 5.75 Å². The van der Waals surface area contributed by atoms with E-state index in [-0.39, 0.29) is 11.9 Å². The first-order valence-corrected chi connectivity index (χ1v) is 6.44. The van der Waals surface area contributed by atoms with Gasteiger partial charge in [0.15, 0.2) is 0 Å². The molecule has 0 aliphatic rings. The predicted octanol–water partition coefficient (Wildman–Crippen LogP) is 3.14. The Kier molecular flexibility index (Phi) is 5.36. The average molecular weight is 266 g/mol. The van der Waals surface area contributed by atoms with Gasteiger partial charge in [0.1, 0.15) is 11.4 Å². The van der Waals surface area contributed by atoms with Crippen LogP contribution < -0.4 is 0 Å². The summed E-state index contributed by atoms with van der Waals surface area (Å²) >= 11 is 0. The lowest BCUT2D eigenvalue weighted by atomic mass is 10.1. The molecular weight excluding hydrogens is 244 g/mol. The normalized spacial score (nSPS) is 11.6. The van der Waals surface area contributed by atoms with Crippen molar-refractivity contribution in [2.75, 3.05) is 6.61 Å². The van der Waals surface area contributed by atoms with Gasteiger partial charge in [0, 0.05) is 6.42 Å². The second kappa shape index (κ2) is 6.57. The maximum atomic E-state index is 11.9. The maximum absolute atomic E-state index is 11.9. The molecule has 0 unspecified atom stereocenters. The van der Waals surface area contributed by atoms with E-state index in [9.17, 15) is 9.90 Å². The molecule has 0 aliphatic carbocycles. The Labute approximate surface area is 114 Å². The predicted molar refractivity (Wildman–Crippen MR) is 73.3 cm³/mol. The molecule has 0 saturated carbocycles. The summed E-state index contributed by atoms with van der Waals surface area (Å²) in [6.45, 7) is 8.20. The van der Waals surface area contributed by atoms with Gasteiger partial charge in [-0.15, -0.1) is 0 Å². The van der Waals surface area contributed by atoms with Crippen molar-refractivity contribution in [3.8, 4) is 5.75 Å². The number of carbonyl (C=O) groups excluding carboxylic acids is 1. The highest BCUT2D eigenvalue weighted by atomic mass is 16.6. The molecule has 1 rings (SSSR count). The van der Waals surface area contributed by atoms with Crippen molar-refractivity contribution < 1.29 is 19.4 Å². The molecule has 0 aliphatic heterocycles. The number of carbonyl (C=O) groups is 1. The van der Waals surface area contributed by atoms with E-state index in [0.717, 1.165) is 0 Å². The van der Waals surface area contributed by atoms with E-state index in [0.29, 0.717) is 18.6 Å². The smallest absolute Gasteiger partial charge is 0.338 e. The van der Waals surface area contributed by atoms with Crippen LogP contribution in [-0.4, -0.2) is 29.4 Å². The number of hydrogen-bond acceptors (Lipinski definition) is 4. The van der Waals surface area contributed by atoms with Crippen LogP contribution in [0, 0.1) is 0 Å². The number of phenolic OH excluding ortho intramolecular Hbond substituents is 1. The zero-order valence-electron chi connectivity index (χ0n) is 12.0. The van der Waals surface area contributed by atoms with Gasteiger partial charge in [-0.2, -0.15) is 0 Å². The molecular formula is C15H22O4. The molecule has 1 N–H and O–H groups in total. The quantitative estimate of drug-likeness (QED) is 0.804.